The van der Waals surface area contributed by atoms with Gasteiger partial charge in [-0.25, -0.2) is 9.07 Å². The van der Waals surface area contributed by atoms with Crippen LogP contribution in [-0.2, 0) is 6.61 Å². The van der Waals surface area contributed by atoms with Gasteiger partial charge in [0.1, 0.15) is 30.8 Å². The van der Waals surface area contributed by atoms with Gasteiger partial charge in [-0.3, -0.25) is 0 Å². The van der Waals surface area contributed by atoms with Crippen LogP contribution in [0.1, 0.15) is 11.1 Å². The first-order valence-corrected chi connectivity index (χ1v) is 8.08. The fourth-order valence-electron chi connectivity index (χ4n) is 2.68. The normalized spacial score (nSPS) is 11.3. The zero-order valence-corrected chi connectivity index (χ0v) is 13.8. The quantitative estimate of drug-likeness (QED) is 0.513. The molecule has 5 nitrogen and oxygen atoms in total. The van der Waals surface area contributed by atoms with Gasteiger partial charge in [0, 0.05) is 11.1 Å². The van der Waals surface area contributed by atoms with E-state index in [9.17, 15) is 4.39 Å². The number of fused-ring (bicyclic) bond motifs is 1. The molecule has 0 radical (unpaired) electrons. The molecule has 0 saturated heterocycles. The molecule has 0 spiro atoms. The standard InChI is InChI=1S/C20H15FN4O/c21-19-8-4-2-6-16(19)12-26-20-10-9-15-5-1-3-7-17(15)18(20)11-24-25-13-22-23-14-25/h1-11,13-14H,12H2. The van der Waals surface area contributed by atoms with Crippen molar-refractivity contribution in [2.45, 2.75) is 6.61 Å². The Labute approximate surface area is 149 Å². The van der Waals surface area contributed by atoms with Crippen molar-refractivity contribution in [1.29, 1.82) is 0 Å². The molecule has 0 atom stereocenters. The van der Waals surface area contributed by atoms with Gasteiger partial charge >= 0.3 is 0 Å². The third kappa shape index (κ3) is 3.30. The van der Waals surface area contributed by atoms with Gasteiger partial charge in [-0.1, -0.05) is 48.5 Å². The van der Waals surface area contributed by atoms with Crippen molar-refractivity contribution in [3.05, 3.63) is 90.3 Å². The van der Waals surface area contributed by atoms with Crippen LogP contribution in [0, 0.1) is 5.82 Å². The summed E-state index contributed by atoms with van der Waals surface area (Å²) in [4.78, 5) is 0. The molecule has 6 heteroatoms. The predicted molar refractivity (Wildman–Crippen MR) is 97.7 cm³/mol. The molecule has 0 fully saturated rings. The number of benzene rings is 3. The summed E-state index contributed by atoms with van der Waals surface area (Å²) in [7, 11) is 0. The summed E-state index contributed by atoms with van der Waals surface area (Å²) in [6.45, 7) is 0.137. The topological polar surface area (TPSA) is 52.3 Å². The fraction of sp³-hybridized carbons (Fsp3) is 0.0500. The molecular formula is C20H15FN4O. The van der Waals surface area contributed by atoms with Crippen LogP contribution >= 0.6 is 0 Å². The van der Waals surface area contributed by atoms with E-state index >= 15 is 0 Å². The Hall–Kier alpha value is -3.54. The third-order valence-corrected chi connectivity index (χ3v) is 4.00. The molecule has 3 aromatic carbocycles. The van der Waals surface area contributed by atoms with E-state index in [0.29, 0.717) is 11.3 Å². The van der Waals surface area contributed by atoms with E-state index in [2.05, 4.69) is 15.3 Å². The van der Waals surface area contributed by atoms with Crippen molar-refractivity contribution in [3.63, 3.8) is 0 Å². The van der Waals surface area contributed by atoms with Gasteiger partial charge in [-0.05, 0) is 22.9 Å². The first-order valence-electron chi connectivity index (χ1n) is 8.08. The van der Waals surface area contributed by atoms with Crippen LogP contribution in [-0.4, -0.2) is 21.1 Å². The number of nitrogens with zero attached hydrogens (tertiary/aromatic N) is 4. The van der Waals surface area contributed by atoms with Crippen LogP contribution in [0.4, 0.5) is 4.39 Å². The number of ether oxygens (including phenoxy) is 1. The minimum Gasteiger partial charge on any atom is -0.488 e. The first-order chi connectivity index (χ1) is 12.8. The average molecular weight is 346 g/mol. The summed E-state index contributed by atoms with van der Waals surface area (Å²) in [6, 6.07) is 18.4. The molecule has 0 amide bonds. The van der Waals surface area contributed by atoms with Crippen molar-refractivity contribution in [1.82, 2.24) is 14.9 Å². The maximum absolute atomic E-state index is 13.9. The van der Waals surface area contributed by atoms with E-state index in [-0.39, 0.29) is 12.4 Å². The number of halogens is 1. The second kappa shape index (κ2) is 7.14. The van der Waals surface area contributed by atoms with Crippen LogP contribution in [0.5, 0.6) is 5.75 Å². The highest BCUT2D eigenvalue weighted by atomic mass is 19.1. The SMILES string of the molecule is Fc1ccccc1COc1ccc2ccccc2c1C=Nn1cnnc1. The van der Waals surface area contributed by atoms with Crippen molar-refractivity contribution >= 4 is 17.0 Å². The molecular weight excluding hydrogens is 331 g/mol. The second-order valence-corrected chi connectivity index (χ2v) is 5.67. The van der Waals surface area contributed by atoms with Gasteiger partial charge in [-0.15, -0.1) is 10.2 Å². The van der Waals surface area contributed by atoms with Crippen LogP contribution in [0.25, 0.3) is 10.8 Å². The van der Waals surface area contributed by atoms with Crippen molar-refractivity contribution in [2.75, 3.05) is 0 Å². The summed E-state index contributed by atoms with van der Waals surface area (Å²) in [5, 5.41) is 13.9. The van der Waals surface area contributed by atoms with E-state index in [1.807, 2.05) is 36.4 Å². The molecule has 26 heavy (non-hydrogen) atoms. The van der Waals surface area contributed by atoms with Gasteiger partial charge in [0.25, 0.3) is 0 Å². The maximum Gasteiger partial charge on any atom is 0.141 e. The molecule has 0 N–H and O–H groups in total. The zero-order valence-electron chi connectivity index (χ0n) is 13.8. The fourth-order valence-corrected chi connectivity index (χ4v) is 2.68. The third-order valence-electron chi connectivity index (χ3n) is 4.00. The predicted octanol–water partition coefficient (Wildman–Crippen LogP) is 4.03. The van der Waals surface area contributed by atoms with Gasteiger partial charge in [-0.2, -0.15) is 5.10 Å². The molecule has 1 heterocycles. The number of hydrogen-bond acceptors (Lipinski definition) is 4. The van der Waals surface area contributed by atoms with E-state index in [0.717, 1.165) is 16.3 Å². The Morgan fingerprint density at radius 2 is 1.73 bits per heavy atom. The Morgan fingerprint density at radius 1 is 0.962 bits per heavy atom. The Kier molecular flexibility index (Phi) is 4.38. The molecule has 1 aromatic heterocycles. The van der Waals surface area contributed by atoms with Gasteiger partial charge in [0.05, 0.1) is 6.21 Å². The van der Waals surface area contributed by atoms with Crippen LogP contribution in [0.2, 0.25) is 0 Å². The monoisotopic (exact) mass is 346 g/mol. The summed E-state index contributed by atoms with van der Waals surface area (Å²) in [5.74, 6) is 0.344. The summed E-state index contributed by atoms with van der Waals surface area (Å²) < 4.78 is 21.3. The maximum atomic E-state index is 13.9. The van der Waals surface area contributed by atoms with E-state index in [4.69, 9.17) is 4.74 Å². The molecule has 4 rings (SSSR count). The van der Waals surface area contributed by atoms with Crippen LogP contribution in [0.15, 0.2) is 78.4 Å². The molecule has 0 unspecified atom stereocenters. The molecule has 0 saturated carbocycles. The molecule has 128 valence electrons. The molecule has 0 bridgehead atoms. The lowest BCUT2D eigenvalue weighted by atomic mass is 10.0. The van der Waals surface area contributed by atoms with Crippen molar-refractivity contribution in [2.24, 2.45) is 5.10 Å². The summed E-state index contributed by atoms with van der Waals surface area (Å²) in [5.41, 5.74) is 1.32. The smallest absolute Gasteiger partial charge is 0.141 e. The average Bonchev–Trinajstić information content (AvgIpc) is 3.19. The minimum absolute atomic E-state index is 0.137. The highest BCUT2D eigenvalue weighted by Gasteiger charge is 2.09. The van der Waals surface area contributed by atoms with E-state index < -0.39 is 0 Å². The summed E-state index contributed by atoms with van der Waals surface area (Å²) in [6.07, 6.45) is 4.70. The van der Waals surface area contributed by atoms with Gasteiger partial charge in [0.2, 0.25) is 0 Å². The molecule has 4 aromatic rings. The lowest BCUT2D eigenvalue weighted by molar-refractivity contribution is 0.300. The molecule has 0 aliphatic heterocycles. The van der Waals surface area contributed by atoms with Crippen molar-refractivity contribution < 1.29 is 9.13 Å². The van der Waals surface area contributed by atoms with Crippen molar-refractivity contribution in [3.8, 4) is 5.75 Å². The lowest BCUT2D eigenvalue weighted by Gasteiger charge is -2.12. The summed E-state index contributed by atoms with van der Waals surface area (Å²) >= 11 is 0. The van der Waals surface area contributed by atoms with E-state index in [1.54, 1.807) is 24.4 Å². The molecule has 0 aliphatic rings. The highest BCUT2D eigenvalue weighted by Crippen LogP contribution is 2.27. The van der Waals surface area contributed by atoms with Crippen LogP contribution < -0.4 is 4.74 Å². The molecule has 0 aliphatic carbocycles. The minimum atomic E-state index is -0.284. The zero-order chi connectivity index (χ0) is 17.8. The highest BCUT2D eigenvalue weighted by molar-refractivity contribution is 6.02. The van der Waals surface area contributed by atoms with Gasteiger partial charge < -0.3 is 4.74 Å². The number of hydrogen-bond donors (Lipinski definition) is 0. The Bertz CT molecular complexity index is 1060. The van der Waals surface area contributed by atoms with Gasteiger partial charge in [0.15, 0.2) is 0 Å². The second-order valence-electron chi connectivity index (χ2n) is 5.67. The van der Waals surface area contributed by atoms with E-state index in [1.165, 1.54) is 23.4 Å². The number of aromatic nitrogens is 3. The first kappa shape index (κ1) is 16.0. The Morgan fingerprint density at radius 3 is 2.58 bits per heavy atom. The number of rotatable bonds is 5. The Balaban J connectivity index is 1.71. The lowest BCUT2D eigenvalue weighted by Crippen LogP contribution is -2.01. The van der Waals surface area contributed by atoms with Crippen LogP contribution in [0.3, 0.4) is 0 Å². The largest absolute Gasteiger partial charge is 0.488 e.